The second-order valence-electron chi connectivity index (χ2n) is 3.42. The first-order valence-electron chi connectivity index (χ1n) is 4.69. The van der Waals surface area contributed by atoms with Crippen LogP contribution in [0.1, 0.15) is 19.2 Å². The summed E-state index contributed by atoms with van der Waals surface area (Å²) in [5.74, 6) is 0.225. The quantitative estimate of drug-likeness (QED) is 0.776. The van der Waals surface area contributed by atoms with Crippen LogP contribution < -0.4 is 0 Å². The van der Waals surface area contributed by atoms with Gasteiger partial charge >= 0.3 is 0 Å². The summed E-state index contributed by atoms with van der Waals surface area (Å²) in [4.78, 5) is 14.8. The Morgan fingerprint density at radius 1 is 1.53 bits per heavy atom. The predicted octanol–water partition coefficient (Wildman–Crippen LogP) is 2.49. The van der Waals surface area contributed by atoms with Gasteiger partial charge in [0.25, 0.3) is 0 Å². The summed E-state index contributed by atoms with van der Waals surface area (Å²) >= 11 is 0. The van der Waals surface area contributed by atoms with E-state index in [2.05, 4.69) is 4.98 Å². The highest BCUT2D eigenvalue weighted by Crippen LogP contribution is 2.17. The summed E-state index contributed by atoms with van der Waals surface area (Å²) in [6, 6.07) is 4.17. The smallest absolute Gasteiger partial charge is 0.195 e. The van der Waals surface area contributed by atoms with Crippen molar-refractivity contribution in [2.45, 2.75) is 19.8 Å². The maximum atomic E-state index is 12.8. The number of aromatic nitrogens is 1. The second-order valence-corrected chi connectivity index (χ2v) is 3.42. The molecule has 0 N–H and O–H groups in total. The van der Waals surface area contributed by atoms with Crippen molar-refractivity contribution in [3.63, 3.8) is 0 Å². The maximum absolute atomic E-state index is 12.8. The van der Waals surface area contributed by atoms with E-state index in [1.54, 1.807) is 0 Å². The summed E-state index contributed by atoms with van der Waals surface area (Å²) in [5.41, 5.74) is 1.04. The molecule has 2 rings (SSSR count). The van der Waals surface area contributed by atoms with Gasteiger partial charge in [0.15, 0.2) is 11.5 Å². The number of aryl methyl sites for hydroxylation is 1. The first kappa shape index (κ1) is 9.83. The Morgan fingerprint density at radius 3 is 3.07 bits per heavy atom. The number of oxazole rings is 1. The molecule has 2 aromatic rings. The Kier molecular flexibility index (Phi) is 2.49. The zero-order valence-corrected chi connectivity index (χ0v) is 8.29. The molecule has 0 aliphatic rings. The minimum absolute atomic E-state index is 0.0865. The van der Waals surface area contributed by atoms with E-state index < -0.39 is 0 Å². The number of halogens is 1. The van der Waals surface area contributed by atoms with E-state index >= 15 is 0 Å². The van der Waals surface area contributed by atoms with Crippen molar-refractivity contribution in [2.75, 3.05) is 0 Å². The summed E-state index contributed by atoms with van der Waals surface area (Å²) in [7, 11) is 0. The number of carbonyl (C=O) groups is 1. The Balaban J connectivity index is 2.27. The average molecular weight is 207 g/mol. The van der Waals surface area contributed by atoms with Gasteiger partial charge in [0.05, 0.1) is 0 Å². The highest BCUT2D eigenvalue weighted by molar-refractivity contribution is 5.76. The van der Waals surface area contributed by atoms with E-state index in [-0.39, 0.29) is 11.6 Å². The lowest BCUT2D eigenvalue weighted by molar-refractivity contribution is -0.117. The molecule has 3 nitrogen and oxygen atoms in total. The van der Waals surface area contributed by atoms with Crippen molar-refractivity contribution >= 4 is 16.9 Å². The number of rotatable bonds is 3. The lowest BCUT2D eigenvalue weighted by atomic mass is 10.2. The lowest BCUT2D eigenvalue weighted by Crippen LogP contribution is -1.93. The Morgan fingerprint density at radius 2 is 2.33 bits per heavy atom. The van der Waals surface area contributed by atoms with Gasteiger partial charge < -0.3 is 9.21 Å². The Labute approximate surface area is 85.9 Å². The molecule has 0 radical (unpaired) electrons. The van der Waals surface area contributed by atoms with Gasteiger partial charge in [-0.05, 0) is 19.1 Å². The van der Waals surface area contributed by atoms with Gasteiger partial charge in [-0.25, -0.2) is 9.37 Å². The Bertz CT molecular complexity index is 504. The Hall–Kier alpha value is -1.71. The number of fused-ring (bicyclic) bond motifs is 1. The number of hydrogen-bond donors (Lipinski definition) is 0. The summed E-state index contributed by atoms with van der Waals surface area (Å²) in [5, 5.41) is 0. The average Bonchev–Trinajstić information content (AvgIpc) is 2.56. The van der Waals surface area contributed by atoms with Crippen molar-refractivity contribution < 1.29 is 13.6 Å². The molecule has 0 unspecified atom stereocenters. The molecule has 0 fully saturated rings. The molecular weight excluding hydrogens is 197 g/mol. The molecule has 0 spiro atoms. The number of hydrogen-bond acceptors (Lipinski definition) is 3. The largest absolute Gasteiger partial charge is 0.441 e. The van der Waals surface area contributed by atoms with Crippen molar-refractivity contribution in [3.8, 4) is 0 Å². The SMILES string of the molecule is CC(=O)CCc1nc2cc(F)ccc2o1. The minimum atomic E-state index is -0.339. The zero-order valence-electron chi connectivity index (χ0n) is 8.29. The molecule has 1 aromatic carbocycles. The molecule has 0 bridgehead atoms. The van der Waals surface area contributed by atoms with Gasteiger partial charge in [-0.2, -0.15) is 0 Å². The van der Waals surface area contributed by atoms with Crippen molar-refractivity contribution in [3.05, 3.63) is 29.9 Å². The third kappa shape index (κ3) is 2.21. The first-order chi connectivity index (χ1) is 7.15. The van der Waals surface area contributed by atoms with Crippen LogP contribution in [0, 0.1) is 5.82 Å². The number of benzene rings is 1. The van der Waals surface area contributed by atoms with E-state index in [0.717, 1.165) is 0 Å². The second kappa shape index (κ2) is 3.81. The maximum Gasteiger partial charge on any atom is 0.195 e. The minimum Gasteiger partial charge on any atom is -0.441 e. The third-order valence-electron chi connectivity index (χ3n) is 2.08. The summed E-state index contributed by atoms with van der Waals surface area (Å²) in [6.07, 6.45) is 0.862. The molecule has 0 amide bonds. The van der Waals surface area contributed by atoms with Gasteiger partial charge in [-0.3, -0.25) is 0 Å². The summed E-state index contributed by atoms with van der Waals surface area (Å²) in [6.45, 7) is 1.52. The van der Waals surface area contributed by atoms with Crippen LogP contribution >= 0.6 is 0 Å². The van der Waals surface area contributed by atoms with Gasteiger partial charge in [-0.15, -0.1) is 0 Å². The van der Waals surface area contributed by atoms with Gasteiger partial charge in [0, 0.05) is 18.9 Å². The molecule has 0 aliphatic heterocycles. The molecule has 4 heteroatoms. The molecule has 15 heavy (non-hydrogen) atoms. The van der Waals surface area contributed by atoms with Crippen LogP contribution in [0.15, 0.2) is 22.6 Å². The number of carbonyl (C=O) groups excluding carboxylic acids is 1. The highest BCUT2D eigenvalue weighted by atomic mass is 19.1. The van der Waals surface area contributed by atoms with Crippen LogP contribution in [0.2, 0.25) is 0 Å². The fourth-order valence-electron chi connectivity index (χ4n) is 1.34. The number of Topliss-reactive ketones (excluding diaryl/α,β-unsaturated/α-hetero) is 1. The van der Waals surface area contributed by atoms with Crippen LogP contribution in [0.3, 0.4) is 0 Å². The van der Waals surface area contributed by atoms with Crippen LogP contribution in [0.4, 0.5) is 4.39 Å². The van der Waals surface area contributed by atoms with E-state index in [1.807, 2.05) is 0 Å². The first-order valence-corrected chi connectivity index (χ1v) is 4.69. The van der Waals surface area contributed by atoms with E-state index in [4.69, 9.17) is 4.42 Å². The molecule has 0 saturated heterocycles. The summed E-state index contributed by atoms with van der Waals surface area (Å²) < 4.78 is 18.2. The zero-order chi connectivity index (χ0) is 10.8. The van der Waals surface area contributed by atoms with E-state index in [9.17, 15) is 9.18 Å². The molecule has 0 aliphatic carbocycles. The van der Waals surface area contributed by atoms with Crippen LogP contribution in [0.5, 0.6) is 0 Å². The normalized spacial score (nSPS) is 10.8. The van der Waals surface area contributed by atoms with Gasteiger partial charge in [0.2, 0.25) is 0 Å². The van der Waals surface area contributed by atoms with Crippen molar-refractivity contribution in [1.29, 1.82) is 0 Å². The molecule has 0 saturated carbocycles. The van der Waals surface area contributed by atoms with Crippen molar-refractivity contribution in [1.82, 2.24) is 4.98 Å². The number of ketones is 1. The number of nitrogens with zero attached hydrogens (tertiary/aromatic N) is 1. The molecule has 0 atom stereocenters. The fraction of sp³-hybridized carbons (Fsp3) is 0.273. The standard InChI is InChI=1S/C11H10FNO2/c1-7(14)2-5-11-13-9-6-8(12)3-4-10(9)15-11/h3-4,6H,2,5H2,1H3. The topological polar surface area (TPSA) is 43.1 Å². The van der Waals surface area contributed by atoms with Gasteiger partial charge in [0.1, 0.15) is 17.1 Å². The fourth-order valence-corrected chi connectivity index (χ4v) is 1.34. The van der Waals surface area contributed by atoms with Crippen LogP contribution in [0.25, 0.3) is 11.1 Å². The monoisotopic (exact) mass is 207 g/mol. The van der Waals surface area contributed by atoms with Gasteiger partial charge in [-0.1, -0.05) is 0 Å². The molecular formula is C11H10FNO2. The molecule has 1 heterocycles. The van der Waals surface area contributed by atoms with Crippen LogP contribution in [-0.2, 0) is 11.2 Å². The molecule has 1 aromatic heterocycles. The highest BCUT2D eigenvalue weighted by Gasteiger charge is 2.07. The van der Waals surface area contributed by atoms with Crippen LogP contribution in [-0.4, -0.2) is 10.8 Å². The predicted molar refractivity (Wildman–Crippen MR) is 53.0 cm³/mol. The lowest BCUT2D eigenvalue weighted by Gasteiger charge is -1.89. The molecule has 78 valence electrons. The third-order valence-corrected chi connectivity index (χ3v) is 2.08. The van der Waals surface area contributed by atoms with Crippen molar-refractivity contribution in [2.24, 2.45) is 0 Å². The van der Waals surface area contributed by atoms with E-state index in [0.29, 0.717) is 29.8 Å². The van der Waals surface area contributed by atoms with E-state index in [1.165, 1.54) is 25.1 Å².